The van der Waals surface area contributed by atoms with E-state index in [2.05, 4.69) is 9.97 Å². The highest BCUT2D eigenvalue weighted by atomic mass is 35.5. The first kappa shape index (κ1) is 9.60. The topological polar surface area (TPSA) is 25.8 Å². The zero-order valence-electron chi connectivity index (χ0n) is 5.52. The Morgan fingerprint density at radius 2 is 1.67 bits per heavy atom. The Bertz CT molecular complexity index is 273. The second-order valence-electron chi connectivity index (χ2n) is 1.66. The summed E-state index contributed by atoms with van der Waals surface area (Å²) in [7, 11) is 0. The maximum absolute atomic E-state index is 12.6. The molecular formula is C5H2ClF3N2S. The Labute approximate surface area is 75.2 Å². The van der Waals surface area contributed by atoms with Crippen molar-refractivity contribution in [2.45, 2.75) is 4.90 Å². The zero-order valence-corrected chi connectivity index (χ0v) is 7.09. The highest BCUT2D eigenvalue weighted by Crippen LogP contribution is 2.23. The molecule has 0 aliphatic carbocycles. The van der Waals surface area contributed by atoms with E-state index in [1.807, 2.05) is 0 Å². The van der Waals surface area contributed by atoms with Gasteiger partial charge < -0.3 is 0 Å². The number of aromatic nitrogens is 2. The van der Waals surface area contributed by atoms with E-state index in [4.69, 9.17) is 11.6 Å². The van der Waals surface area contributed by atoms with E-state index < -0.39 is 22.9 Å². The van der Waals surface area contributed by atoms with Gasteiger partial charge in [0.15, 0.2) is 0 Å². The van der Waals surface area contributed by atoms with Gasteiger partial charge in [0, 0.05) is 0 Å². The van der Waals surface area contributed by atoms with Crippen LogP contribution < -0.4 is 0 Å². The number of hydrogen-bond donors (Lipinski definition) is 0. The van der Waals surface area contributed by atoms with Gasteiger partial charge in [-0.3, -0.25) is 0 Å². The molecule has 2 nitrogen and oxygen atoms in total. The molecule has 0 unspecified atom stereocenters. The van der Waals surface area contributed by atoms with Gasteiger partial charge in [0.2, 0.25) is 11.9 Å². The number of thioether (sulfide) groups is 1. The van der Waals surface area contributed by atoms with E-state index in [9.17, 15) is 13.2 Å². The third-order valence-corrected chi connectivity index (χ3v) is 2.02. The molecule has 0 aliphatic rings. The van der Waals surface area contributed by atoms with Crippen molar-refractivity contribution in [2.75, 3.05) is 5.21 Å². The quantitative estimate of drug-likeness (QED) is 0.327. The van der Waals surface area contributed by atoms with Gasteiger partial charge in [0.05, 0.1) is 5.21 Å². The summed E-state index contributed by atoms with van der Waals surface area (Å²) in [4.78, 5) is 4.91. The lowest BCUT2D eigenvalue weighted by Crippen LogP contribution is -2.00. The SMILES string of the molecule is Fc1nc(F)c(SCCl)c(F)n1. The van der Waals surface area contributed by atoms with Crippen molar-refractivity contribution in [2.24, 2.45) is 0 Å². The van der Waals surface area contributed by atoms with Crippen LogP contribution in [0.1, 0.15) is 0 Å². The lowest BCUT2D eigenvalue weighted by Gasteiger charge is -1.98. The Kier molecular flexibility index (Phi) is 3.16. The van der Waals surface area contributed by atoms with Gasteiger partial charge in [-0.25, -0.2) is 0 Å². The van der Waals surface area contributed by atoms with Crippen LogP contribution >= 0.6 is 23.4 Å². The summed E-state index contributed by atoms with van der Waals surface area (Å²) in [6.07, 6.45) is -1.43. The standard InChI is InChI=1S/C5H2ClF3N2S/c6-1-12-2-3(7)10-5(9)11-4(2)8/h1H2. The summed E-state index contributed by atoms with van der Waals surface area (Å²) >= 11 is 5.86. The summed E-state index contributed by atoms with van der Waals surface area (Å²) in [6.45, 7) is 0. The predicted octanol–water partition coefficient (Wildman–Crippen LogP) is 2.18. The largest absolute Gasteiger partial charge is 0.314 e. The van der Waals surface area contributed by atoms with Gasteiger partial charge in [-0.2, -0.15) is 23.1 Å². The molecule has 12 heavy (non-hydrogen) atoms. The van der Waals surface area contributed by atoms with Crippen molar-refractivity contribution in [3.63, 3.8) is 0 Å². The van der Waals surface area contributed by atoms with Crippen LogP contribution in [0, 0.1) is 18.0 Å². The first-order valence-electron chi connectivity index (χ1n) is 2.72. The van der Waals surface area contributed by atoms with Gasteiger partial charge >= 0.3 is 6.08 Å². The molecule has 1 aromatic rings. The van der Waals surface area contributed by atoms with E-state index in [1.54, 1.807) is 0 Å². The number of hydrogen-bond acceptors (Lipinski definition) is 3. The van der Waals surface area contributed by atoms with Crippen LogP contribution in [0.15, 0.2) is 4.90 Å². The highest BCUT2D eigenvalue weighted by Gasteiger charge is 2.14. The average molecular weight is 215 g/mol. The smallest absolute Gasteiger partial charge is 0.183 e. The zero-order chi connectivity index (χ0) is 9.14. The Hall–Kier alpha value is -0.490. The van der Waals surface area contributed by atoms with E-state index in [-0.39, 0.29) is 5.21 Å². The Morgan fingerprint density at radius 1 is 1.17 bits per heavy atom. The lowest BCUT2D eigenvalue weighted by atomic mass is 10.6. The van der Waals surface area contributed by atoms with Gasteiger partial charge in [-0.15, -0.1) is 23.4 Å². The second kappa shape index (κ2) is 3.95. The number of halogens is 4. The maximum Gasteiger partial charge on any atom is 0.314 e. The molecule has 0 saturated carbocycles. The van der Waals surface area contributed by atoms with Crippen LogP contribution in [0.5, 0.6) is 0 Å². The molecule has 0 aromatic carbocycles. The van der Waals surface area contributed by atoms with Crippen LogP contribution in [0.25, 0.3) is 0 Å². The lowest BCUT2D eigenvalue weighted by molar-refractivity contribution is 0.412. The fourth-order valence-corrected chi connectivity index (χ4v) is 1.31. The fourth-order valence-electron chi connectivity index (χ4n) is 0.547. The molecule has 0 fully saturated rings. The molecule has 0 N–H and O–H groups in total. The second-order valence-corrected chi connectivity index (χ2v) is 3.23. The van der Waals surface area contributed by atoms with E-state index in [0.29, 0.717) is 11.8 Å². The van der Waals surface area contributed by atoms with Crippen molar-refractivity contribution in [3.8, 4) is 0 Å². The summed E-state index contributed by atoms with van der Waals surface area (Å²) in [6, 6.07) is 0. The first-order valence-corrected chi connectivity index (χ1v) is 4.24. The Morgan fingerprint density at radius 3 is 2.08 bits per heavy atom. The predicted molar refractivity (Wildman–Crippen MR) is 38.5 cm³/mol. The van der Waals surface area contributed by atoms with Crippen molar-refractivity contribution in [3.05, 3.63) is 18.0 Å². The molecule has 0 atom stereocenters. The van der Waals surface area contributed by atoms with Crippen molar-refractivity contribution < 1.29 is 13.2 Å². The number of alkyl halides is 1. The minimum absolute atomic E-state index is 0.0527. The minimum atomic E-state index is -1.43. The maximum atomic E-state index is 12.6. The van der Waals surface area contributed by atoms with Crippen molar-refractivity contribution in [1.29, 1.82) is 0 Å². The third kappa shape index (κ3) is 2.01. The minimum Gasteiger partial charge on any atom is -0.183 e. The van der Waals surface area contributed by atoms with Gasteiger partial charge in [0.1, 0.15) is 4.90 Å². The van der Waals surface area contributed by atoms with Gasteiger partial charge in [0.25, 0.3) is 0 Å². The summed E-state index contributed by atoms with van der Waals surface area (Å²) < 4.78 is 37.3. The van der Waals surface area contributed by atoms with Gasteiger partial charge in [-0.1, -0.05) is 0 Å². The average Bonchev–Trinajstić information content (AvgIpc) is 1.96. The van der Waals surface area contributed by atoms with Crippen LogP contribution in [0.2, 0.25) is 0 Å². The highest BCUT2D eigenvalue weighted by molar-refractivity contribution is 8.00. The normalized spacial score (nSPS) is 10.3. The van der Waals surface area contributed by atoms with Gasteiger partial charge in [-0.05, 0) is 0 Å². The molecule has 0 amide bonds. The molecular weight excluding hydrogens is 213 g/mol. The van der Waals surface area contributed by atoms with Crippen LogP contribution in [-0.2, 0) is 0 Å². The van der Waals surface area contributed by atoms with Crippen LogP contribution in [0.3, 0.4) is 0 Å². The summed E-state index contributed by atoms with van der Waals surface area (Å²) in [5.41, 5.74) is 0. The molecule has 0 radical (unpaired) electrons. The molecule has 0 saturated heterocycles. The number of nitrogens with zero attached hydrogens (tertiary/aromatic N) is 2. The summed E-state index contributed by atoms with van der Waals surface area (Å²) in [5, 5.41) is -0.0527. The Balaban J connectivity index is 3.10. The molecule has 1 aromatic heterocycles. The summed E-state index contributed by atoms with van der Waals surface area (Å²) in [5.74, 6) is -2.46. The fraction of sp³-hybridized carbons (Fsp3) is 0.200. The van der Waals surface area contributed by atoms with Crippen molar-refractivity contribution in [1.82, 2.24) is 9.97 Å². The molecule has 1 rings (SSSR count). The first-order chi connectivity index (χ1) is 5.65. The third-order valence-electron chi connectivity index (χ3n) is 0.954. The van der Waals surface area contributed by atoms with Crippen LogP contribution in [-0.4, -0.2) is 15.2 Å². The molecule has 66 valence electrons. The van der Waals surface area contributed by atoms with E-state index in [0.717, 1.165) is 0 Å². The van der Waals surface area contributed by atoms with E-state index >= 15 is 0 Å². The molecule has 0 aliphatic heterocycles. The number of rotatable bonds is 2. The van der Waals surface area contributed by atoms with E-state index in [1.165, 1.54) is 0 Å². The monoisotopic (exact) mass is 214 g/mol. The van der Waals surface area contributed by atoms with Crippen LogP contribution in [0.4, 0.5) is 13.2 Å². The molecule has 7 heteroatoms. The molecule has 0 bridgehead atoms. The molecule has 1 heterocycles. The molecule has 0 spiro atoms. The van der Waals surface area contributed by atoms with Crippen molar-refractivity contribution >= 4 is 23.4 Å².